The molecule has 0 bridgehead atoms. The van der Waals surface area contributed by atoms with Crippen LogP contribution in [0.1, 0.15) is 45.3 Å². The molecule has 2 aromatic heterocycles. The number of hydrogen-bond donors (Lipinski definition) is 2. The van der Waals surface area contributed by atoms with Gasteiger partial charge in [-0.25, -0.2) is 9.67 Å². The third kappa shape index (κ3) is 4.62. The molecule has 0 saturated heterocycles. The molecule has 0 aliphatic heterocycles. The van der Waals surface area contributed by atoms with E-state index in [9.17, 15) is 9.59 Å². The summed E-state index contributed by atoms with van der Waals surface area (Å²) >= 11 is 7.90. The largest absolute Gasteiger partial charge is 0.364 e. The minimum atomic E-state index is -0.556. The molecule has 4 aromatic rings. The average Bonchev–Trinajstić information content (AvgIpc) is 3.28. The molecule has 2 amide bonds. The number of thioether (sulfide) groups is 1. The number of aromatic nitrogens is 3. The van der Waals surface area contributed by atoms with E-state index in [2.05, 4.69) is 34.5 Å². The second-order valence-corrected chi connectivity index (χ2v) is 9.99. The highest BCUT2D eigenvalue weighted by atomic mass is 35.5. The fourth-order valence-electron chi connectivity index (χ4n) is 4.36. The number of amides is 2. The SMILES string of the molecule is CCCSc1ccc(-n2nc(C(N)=O)c3c2-c2cc(NC(=O)c4cccnc4Cl)ccc2CC3)cc1. The zero-order chi connectivity index (χ0) is 25.2. The minimum absolute atomic E-state index is 0.139. The highest BCUT2D eigenvalue weighted by Crippen LogP contribution is 2.38. The smallest absolute Gasteiger partial charge is 0.269 e. The molecule has 0 atom stereocenters. The number of pyridine rings is 1. The summed E-state index contributed by atoms with van der Waals surface area (Å²) in [5.41, 5.74) is 11.4. The third-order valence-corrected chi connectivity index (χ3v) is 7.56. The summed E-state index contributed by atoms with van der Waals surface area (Å²) in [4.78, 5) is 30.2. The minimum Gasteiger partial charge on any atom is -0.364 e. The molecular weight excluding hydrogens is 494 g/mol. The number of carbonyl (C=O) groups is 2. The van der Waals surface area contributed by atoms with Crippen LogP contribution < -0.4 is 11.1 Å². The number of hydrogen-bond acceptors (Lipinski definition) is 5. The van der Waals surface area contributed by atoms with Crippen LogP contribution in [0.2, 0.25) is 5.15 Å². The normalized spacial score (nSPS) is 12.1. The van der Waals surface area contributed by atoms with Crippen molar-refractivity contribution in [2.75, 3.05) is 11.1 Å². The summed E-state index contributed by atoms with van der Waals surface area (Å²) in [6.07, 6.45) is 4.03. The van der Waals surface area contributed by atoms with E-state index in [4.69, 9.17) is 17.3 Å². The van der Waals surface area contributed by atoms with Gasteiger partial charge in [-0.3, -0.25) is 9.59 Å². The van der Waals surface area contributed by atoms with Crippen LogP contribution in [0.3, 0.4) is 0 Å². The maximum Gasteiger partial charge on any atom is 0.269 e. The van der Waals surface area contributed by atoms with E-state index in [-0.39, 0.29) is 16.8 Å². The molecular formula is C27H24ClN5O2S. The quantitative estimate of drug-likeness (QED) is 0.247. The van der Waals surface area contributed by atoms with Gasteiger partial charge in [0.2, 0.25) is 0 Å². The first-order chi connectivity index (χ1) is 17.5. The molecule has 7 nitrogen and oxygen atoms in total. The molecule has 0 unspecified atom stereocenters. The van der Waals surface area contributed by atoms with Gasteiger partial charge in [0.25, 0.3) is 11.8 Å². The molecule has 36 heavy (non-hydrogen) atoms. The van der Waals surface area contributed by atoms with Crippen LogP contribution in [0, 0.1) is 0 Å². The Morgan fingerprint density at radius 1 is 1.14 bits per heavy atom. The van der Waals surface area contributed by atoms with Gasteiger partial charge in [-0.15, -0.1) is 11.8 Å². The van der Waals surface area contributed by atoms with Gasteiger partial charge in [-0.1, -0.05) is 24.6 Å². The lowest BCUT2D eigenvalue weighted by Crippen LogP contribution is -2.16. The molecule has 0 fully saturated rings. The van der Waals surface area contributed by atoms with E-state index in [1.54, 1.807) is 28.6 Å². The highest BCUT2D eigenvalue weighted by molar-refractivity contribution is 7.99. The fourth-order valence-corrected chi connectivity index (χ4v) is 5.33. The molecule has 0 saturated carbocycles. The van der Waals surface area contributed by atoms with Crippen molar-refractivity contribution in [3.05, 3.63) is 88.3 Å². The number of rotatable bonds is 7. The molecule has 3 N–H and O–H groups in total. The zero-order valence-corrected chi connectivity index (χ0v) is 21.2. The van der Waals surface area contributed by atoms with Gasteiger partial charge in [0.05, 0.1) is 16.9 Å². The van der Waals surface area contributed by atoms with Crippen molar-refractivity contribution >= 4 is 40.9 Å². The zero-order valence-electron chi connectivity index (χ0n) is 19.6. The summed E-state index contributed by atoms with van der Waals surface area (Å²) in [5.74, 6) is 0.143. The van der Waals surface area contributed by atoms with E-state index in [1.807, 2.05) is 30.3 Å². The molecule has 5 rings (SSSR count). The first kappa shape index (κ1) is 24.1. The second-order valence-electron chi connectivity index (χ2n) is 8.46. The number of halogens is 1. The average molecular weight is 518 g/mol. The van der Waals surface area contributed by atoms with Crippen molar-refractivity contribution in [1.29, 1.82) is 0 Å². The Hall–Kier alpha value is -3.62. The number of nitrogens with one attached hydrogen (secondary N) is 1. The molecule has 0 radical (unpaired) electrons. The van der Waals surface area contributed by atoms with Crippen molar-refractivity contribution in [2.24, 2.45) is 5.73 Å². The molecule has 2 aromatic carbocycles. The van der Waals surface area contributed by atoms with Crippen molar-refractivity contribution in [2.45, 2.75) is 31.1 Å². The Labute approximate surface area is 218 Å². The topological polar surface area (TPSA) is 103 Å². The number of nitrogens with two attached hydrogens (primary N) is 1. The lowest BCUT2D eigenvalue weighted by molar-refractivity contribution is 0.0992. The van der Waals surface area contributed by atoms with Gasteiger partial charge in [-0.05, 0) is 79.1 Å². The molecule has 182 valence electrons. The first-order valence-corrected chi connectivity index (χ1v) is 13.0. The van der Waals surface area contributed by atoms with Crippen LogP contribution in [-0.2, 0) is 12.8 Å². The monoisotopic (exact) mass is 517 g/mol. The predicted octanol–water partition coefficient (Wildman–Crippen LogP) is 5.54. The van der Waals surface area contributed by atoms with E-state index in [0.717, 1.165) is 46.7 Å². The van der Waals surface area contributed by atoms with Crippen molar-refractivity contribution < 1.29 is 9.59 Å². The number of nitrogens with zero attached hydrogens (tertiary/aromatic N) is 3. The van der Waals surface area contributed by atoms with E-state index >= 15 is 0 Å². The number of benzene rings is 2. The Morgan fingerprint density at radius 3 is 2.67 bits per heavy atom. The number of primary amides is 1. The van der Waals surface area contributed by atoms with E-state index in [1.165, 1.54) is 11.1 Å². The van der Waals surface area contributed by atoms with Crippen molar-refractivity contribution in [1.82, 2.24) is 14.8 Å². The van der Waals surface area contributed by atoms with Crippen LogP contribution in [0.5, 0.6) is 0 Å². The summed E-state index contributed by atoms with van der Waals surface area (Å²) in [6, 6.07) is 17.2. The second kappa shape index (κ2) is 10.2. The van der Waals surface area contributed by atoms with Crippen molar-refractivity contribution in [3.8, 4) is 16.9 Å². The molecule has 9 heteroatoms. The maximum atomic E-state index is 12.8. The summed E-state index contributed by atoms with van der Waals surface area (Å²) in [6.45, 7) is 2.15. The van der Waals surface area contributed by atoms with Gasteiger partial charge in [0.1, 0.15) is 5.15 Å². The summed E-state index contributed by atoms with van der Waals surface area (Å²) in [7, 11) is 0. The van der Waals surface area contributed by atoms with Crippen LogP contribution in [0.25, 0.3) is 16.9 Å². The Balaban J connectivity index is 1.56. The Morgan fingerprint density at radius 2 is 1.94 bits per heavy atom. The molecule has 1 aliphatic rings. The maximum absolute atomic E-state index is 12.8. The fraction of sp³-hybridized carbons (Fsp3) is 0.185. The lowest BCUT2D eigenvalue weighted by Gasteiger charge is -2.20. The van der Waals surface area contributed by atoms with Gasteiger partial charge in [0.15, 0.2) is 5.69 Å². The van der Waals surface area contributed by atoms with Gasteiger partial charge in [0, 0.05) is 27.9 Å². The number of fused-ring (bicyclic) bond motifs is 3. The van der Waals surface area contributed by atoms with E-state index in [0.29, 0.717) is 17.7 Å². The van der Waals surface area contributed by atoms with Crippen molar-refractivity contribution in [3.63, 3.8) is 0 Å². The van der Waals surface area contributed by atoms with Gasteiger partial charge >= 0.3 is 0 Å². The Kier molecular flexibility index (Phi) is 6.80. The number of anilines is 1. The van der Waals surface area contributed by atoms with Crippen LogP contribution >= 0.6 is 23.4 Å². The first-order valence-electron chi connectivity index (χ1n) is 11.7. The standard InChI is InChI=1S/C27H24ClN5O2S/c1-2-14-36-19-10-8-18(9-11-19)33-24-20(23(32-33)26(29)34)12-6-16-5-7-17(15-22(16)24)31-27(35)21-4-3-13-30-25(21)28/h3-5,7-11,13,15H,2,6,12,14H2,1H3,(H2,29,34)(H,31,35). The molecule has 0 spiro atoms. The molecule has 2 heterocycles. The number of aryl methyl sites for hydroxylation is 1. The molecule has 1 aliphatic carbocycles. The Bertz CT molecular complexity index is 1470. The number of carbonyl (C=O) groups excluding carboxylic acids is 2. The predicted molar refractivity (Wildman–Crippen MR) is 143 cm³/mol. The van der Waals surface area contributed by atoms with Crippen LogP contribution in [0.4, 0.5) is 5.69 Å². The third-order valence-electron chi connectivity index (χ3n) is 6.04. The summed E-state index contributed by atoms with van der Waals surface area (Å²) < 4.78 is 1.78. The van der Waals surface area contributed by atoms with E-state index < -0.39 is 5.91 Å². The lowest BCUT2D eigenvalue weighted by atomic mass is 9.88. The van der Waals surface area contributed by atoms with Crippen LogP contribution in [0.15, 0.2) is 65.7 Å². The highest BCUT2D eigenvalue weighted by Gasteiger charge is 2.28. The van der Waals surface area contributed by atoms with Gasteiger partial charge < -0.3 is 11.1 Å². The van der Waals surface area contributed by atoms with Crippen LogP contribution in [-0.4, -0.2) is 32.3 Å². The van der Waals surface area contributed by atoms with Gasteiger partial charge in [-0.2, -0.15) is 5.10 Å². The summed E-state index contributed by atoms with van der Waals surface area (Å²) in [5, 5.41) is 7.67.